The summed E-state index contributed by atoms with van der Waals surface area (Å²) in [7, 11) is 0. The summed E-state index contributed by atoms with van der Waals surface area (Å²) in [6.07, 6.45) is 9.85. The first-order valence-corrected chi connectivity index (χ1v) is 12.3. The summed E-state index contributed by atoms with van der Waals surface area (Å²) in [5, 5.41) is 11.4. The number of carbonyl (C=O) groups is 1. The summed E-state index contributed by atoms with van der Waals surface area (Å²) in [4.78, 5) is 20.5. The van der Waals surface area contributed by atoms with Crippen LogP contribution in [0.1, 0.15) is 40.4 Å². The molecule has 5 rings (SSSR count). The van der Waals surface area contributed by atoms with Crippen LogP contribution in [0.5, 0.6) is 0 Å². The molecular weight excluding hydrogens is 483 g/mol. The highest BCUT2D eigenvalue weighted by molar-refractivity contribution is 6.31. The van der Waals surface area contributed by atoms with Crippen LogP contribution < -0.4 is 5.48 Å². The number of amides is 1. The van der Waals surface area contributed by atoms with Gasteiger partial charge >= 0.3 is 0 Å². The average molecular weight is 509 g/mol. The normalized spacial score (nSPS) is 15.4. The van der Waals surface area contributed by atoms with E-state index < -0.39 is 5.91 Å². The molecule has 1 unspecified atom stereocenters. The topological polar surface area (TPSA) is 84.2 Å². The van der Waals surface area contributed by atoms with E-state index in [0.29, 0.717) is 0 Å². The fourth-order valence-corrected chi connectivity index (χ4v) is 5.34. The van der Waals surface area contributed by atoms with E-state index in [9.17, 15) is 4.79 Å². The monoisotopic (exact) mass is 508 g/mol. The fourth-order valence-electron chi connectivity index (χ4n) is 4.99. The number of hydroxylamine groups is 1. The molecule has 180 valence electrons. The summed E-state index contributed by atoms with van der Waals surface area (Å²) < 4.78 is 0. The zero-order valence-corrected chi connectivity index (χ0v) is 20.5. The van der Waals surface area contributed by atoms with Gasteiger partial charge in [0.25, 0.3) is 5.91 Å². The molecule has 1 aliphatic rings. The van der Waals surface area contributed by atoms with Gasteiger partial charge in [-0.05, 0) is 65.8 Å². The van der Waals surface area contributed by atoms with Crippen LogP contribution in [0.2, 0.25) is 10.0 Å². The number of aromatic nitrogens is 2. The first-order valence-electron chi connectivity index (χ1n) is 11.6. The van der Waals surface area contributed by atoms with E-state index in [2.05, 4.69) is 39.3 Å². The second kappa shape index (κ2) is 10.3. The highest BCUT2D eigenvalue weighted by atomic mass is 35.5. The number of hydrogen-bond donors (Lipinski definition) is 4. The molecule has 1 aliphatic carbocycles. The highest BCUT2D eigenvalue weighted by Crippen LogP contribution is 2.38. The van der Waals surface area contributed by atoms with E-state index in [4.69, 9.17) is 28.4 Å². The lowest BCUT2D eigenvalue weighted by atomic mass is 10.0. The summed E-state index contributed by atoms with van der Waals surface area (Å²) in [6.45, 7) is 1.59. The summed E-state index contributed by atoms with van der Waals surface area (Å²) in [6, 6.07) is 14.4. The van der Waals surface area contributed by atoms with Gasteiger partial charge in [-0.15, -0.1) is 0 Å². The Hall–Kier alpha value is -3.03. The van der Waals surface area contributed by atoms with Gasteiger partial charge in [0.1, 0.15) is 0 Å². The molecule has 1 amide bonds. The second-order valence-electron chi connectivity index (χ2n) is 8.85. The van der Waals surface area contributed by atoms with Gasteiger partial charge in [-0.25, -0.2) is 5.48 Å². The molecule has 0 saturated carbocycles. The number of H-pyrrole nitrogens is 2. The largest absolute Gasteiger partial charge is 0.363 e. The number of aryl methyl sites for hydroxylation is 1. The van der Waals surface area contributed by atoms with Crippen molar-refractivity contribution in [1.29, 1.82) is 0 Å². The quantitative estimate of drug-likeness (QED) is 0.133. The number of nitrogens with zero attached hydrogens (tertiary/aromatic N) is 1. The predicted molar refractivity (Wildman–Crippen MR) is 140 cm³/mol. The van der Waals surface area contributed by atoms with Crippen molar-refractivity contribution < 1.29 is 10.0 Å². The summed E-state index contributed by atoms with van der Waals surface area (Å²) in [5.74, 6) is -0.545. The van der Waals surface area contributed by atoms with Crippen molar-refractivity contribution in [2.45, 2.75) is 31.8 Å². The molecule has 4 aromatic rings. The molecule has 0 aliphatic heterocycles. The van der Waals surface area contributed by atoms with Gasteiger partial charge in [0.2, 0.25) is 0 Å². The number of benzene rings is 2. The molecule has 0 saturated heterocycles. The lowest BCUT2D eigenvalue weighted by Crippen LogP contribution is -2.29. The van der Waals surface area contributed by atoms with Gasteiger partial charge in [0, 0.05) is 59.2 Å². The fraction of sp³-hybridized carbons (Fsp3) is 0.222. The Balaban J connectivity index is 1.39. The number of hydrogen-bond acceptors (Lipinski definition) is 3. The maximum atomic E-state index is 11.3. The van der Waals surface area contributed by atoms with Crippen molar-refractivity contribution in [1.82, 2.24) is 20.3 Å². The zero-order valence-electron chi connectivity index (χ0n) is 19.0. The maximum absolute atomic E-state index is 11.3. The molecule has 0 radical (unpaired) electrons. The minimum absolute atomic E-state index is 0.266. The lowest BCUT2D eigenvalue weighted by Gasteiger charge is -2.29. The van der Waals surface area contributed by atoms with Crippen molar-refractivity contribution in [2.75, 3.05) is 6.54 Å². The van der Waals surface area contributed by atoms with Crippen LogP contribution >= 0.6 is 23.2 Å². The third kappa shape index (κ3) is 5.16. The van der Waals surface area contributed by atoms with Crippen molar-refractivity contribution in [2.24, 2.45) is 0 Å². The maximum Gasteiger partial charge on any atom is 0.267 e. The molecular formula is C27H26Cl2N4O2. The van der Waals surface area contributed by atoms with E-state index in [1.165, 1.54) is 28.2 Å². The van der Waals surface area contributed by atoms with E-state index in [0.717, 1.165) is 59.2 Å². The molecule has 4 N–H and O–H groups in total. The molecule has 0 spiro atoms. The van der Waals surface area contributed by atoms with Gasteiger partial charge in [-0.2, -0.15) is 0 Å². The molecule has 35 heavy (non-hydrogen) atoms. The van der Waals surface area contributed by atoms with Crippen molar-refractivity contribution >= 4 is 46.1 Å². The minimum Gasteiger partial charge on any atom is -0.363 e. The van der Waals surface area contributed by atoms with E-state index in [-0.39, 0.29) is 6.04 Å². The van der Waals surface area contributed by atoms with Gasteiger partial charge in [0.05, 0.1) is 5.02 Å². The van der Waals surface area contributed by atoms with E-state index >= 15 is 0 Å². The summed E-state index contributed by atoms with van der Waals surface area (Å²) >= 11 is 12.6. The first kappa shape index (κ1) is 23.7. The Bertz CT molecular complexity index is 1390. The van der Waals surface area contributed by atoms with Crippen LogP contribution in [0, 0.1) is 0 Å². The SMILES string of the molecule is O=C(C=Cc1ccc2c(c1)CCC2N(CCc1c[nH]c2cc(Cl)ccc12)Cc1[nH]ccc1Cl)NO. The van der Waals surface area contributed by atoms with Crippen LogP contribution in [-0.4, -0.2) is 32.5 Å². The molecule has 1 atom stereocenters. The van der Waals surface area contributed by atoms with E-state index in [1.54, 1.807) is 11.6 Å². The van der Waals surface area contributed by atoms with Crippen molar-refractivity contribution in [3.8, 4) is 0 Å². The van der Waals surface area contributed by atoms with Crippen LogP contribution in [0.3, 0.4) is 0 Å². The first-order chi connectivity index (χ1) is 17.0. The Morgan fingerprint density at radius 1 is 1.17 bits per heavy atom. The number of aromatic amines is 2. The second-order valence-corrected chi connectivity index (χ2v) is 9.69. The average Bonchev–Trinajstić information content (AvgIpc) is 3.58. The Kier molecular flexibility index (Phi) is 6.97. The number of carbonyl (C=O) groups excluding carboxylic acids is 1. The standard InChI is InChI=1S/C27H26Cl2N4O2/c28-20-4-6-21-19(15-31-24(21)14-20)10-12-33(16-25-23(29)9-11-30-25)26-7-3-18-13-17(1-5-22(18)26)2-8-27(34)32-35/h1-2,4-6,8-9,11,13-15,26,30-31,35H,3,7,10,12,16H2,(H,32,34). The minimum atomic E-state index is -0.545. The van der Waals surface area contributed by atoms with Crippen LogP contribution in [0.15, 0.2) is 60.9 Å². The molecule has 2 aromatic carbocycles. The van der Waals surface area contributed by atoms with Crippen LogP contribution in [0.25, 0.3) is 17.0 Å². The van der Waals surface area contributed by atoms with Gasteiger partial charge in [0.15, 0.2) is 0 Å². The Labute approximate surface area is 213 Å². The molecule has 0 bridgehead atoms. The number of nitrogens with one attached hydrogen (secondary N) is 3. The summed E-state index contributed by atoms with van der Waals surface area (Å²) in [5.41, 5.74) is 8.47. The molecule has 8 heteroatoms. The van der Waals surface area contributed by atoms with Gasteiger partial charge < -0.3 is 9.97 Å². The molecule has 0 fully saturated rings. The van der Waals surface area contributed by atoms with Crippen molar-refractivity contribution in [3.63, 3.8) is 0 Å². The zero-order chi connectivity index (χ0) is 24.4. The number of rotatable bonds is 8. The third-order valence-corrected chi connectivity index (χ3v) is 7.32. The van der Waals surface area contributed by atoms with Gasteiger partial charge in [-0.1, -0.05) is 47.5 Å². The number of fused-ring (bicyclic) bond motifs is 2. The smallest absolute Gasteiger partial charge is 0.267 e. The van der Waals surface area contributed by atoms with E-state index in [1.807, 2.05) is 30.5 Å². The Morgan fingerprint density at radius 2 is 2.06 bits per heavy atom. The van der Waals surface area contributed by atoms with Gasteiger partial charge in [-0.3, -0.25) is 14.9 Å². The van der Waals surface area contributed by atoms with Crippen LogP contribution in [-0.2, 0) is 24.2 Å². The lowest BCUT2D eigenvalue weighted by molar-refractivity contribution is -0.124. The van der Waals surface area contributed by atoms with Crippen LogP contribution in [0.4, 0.5) is 0 Å². The molecule has 6 nitrogen and oxygen atoms in total. The Morgan fingerprint density at radius 3 is 2.86 bits per heavy atom. The third-order valence-electron chi connectivity index (χ3n) is 6.73. The highest BCUT2D eigenvalue weighted by Gasteiger charge is 2.29. The number of halogens is 2. The molecule has 2 aromatic heterocycles. The van der Waals surface area contributed by atoms with Crippen molar-refractivity contribution in [3.05, 3.63) is 98.9 Å². The molecule has 2 heterocycles. The predicted octanol–water partition coefficient (Wildman–Crippen LogP) is 6.05.